The maximum atomic E-state index is 13.4. The molecule has 4 rings (SSSR count). The molecule has 0 radical (unpaired) electrons. The fourth-order valence-electron chi connectivity index (χ4n) is 4.34. The van der Waals surface area contributed by atoms with Crippen molar-refractivity contribution in [1.82, 2.24) is 24.4 Å². The molecule has 1 saturated heterocycles. The largest absolute Gasteiger partial charge is 0.348 e. The standard InChI is InChI=1S/C25H31N5O3S/c1-19-24(34(32,33)29-14-5-3-4-6-15-29)20(2)30(28-19)18-21-9-11-23(12-10-21)25(31)27-17-22-8-7-13-26-16-22/h7-13,16H,3-6,14-15,17-18H2,1-2H3,(H,27,31). The lowest BCUT2D eigenvalue weighted by Gasteiger charge is -2.20. The molecule has 3 heterocycles. The van der Waals surface area contributed by atoms with E-state index in [0.717, 1.165) is 36.8 Å². The fourth-order valence-corrected chi connectivity index (χ4v) is 6.23. The van der Waals surface area contributed by atoms with Crippen molar-refractivity contribution in [3.63, 3.8) is 0 Å². The highest BCUT2D eigenvalue weighted by Crippen LogP contribution is 2.26. The molecule has 180 valence electrons. The molecule has 1 aromatic carbocycles. The maximum absolute atomic E-state index is 13.4. The number of aryl methyl sites for hydroxylation is 1. The lowest BCUT2D eigenvalue weighted by atomic mass is 10.1. The average Bonchev–Trinajstić information content (AvgIpc) is 3.01. The summed E-state index contributed by atoms with van der Waals surface area (Å²) in [5.74, 6) is -0.160. The van der Waals surface area contributed by atoms with E-state index in [1.54, 1.807) is 40.4 Å². The van der Waals surface area contributed by atoms with Gasteiger partial charge in [-0.15, -0.1) is 0 Å². The van der Waals surface area contributed by atoms with Gasteiger partial charge in [-0.2, -0.15) is 9.40 Å². The summed E-state index contributed by atoms with van der Waals surface area (Å²) in [7, 11) is -3.57. The van der Waals surface area contributed by atoms with Gasteiger partial charge in [0.25, 0.3) is 5.91 Å². The van der Waals surface area contributed by atoms with Crippen LogP contribution in [0.3, 0.4) is 0 Å². The first kappa shape index (κ1) is 24.1. The summed E-state index contributed by atoms with van der Waals surface area (Å²) in [6.45, 7) is 5.54. The second-order valence-electron chi connectivity index (χ2n) is 8.72. The molecule has 8 nitrogen and oxygen atoms in total. The van der Waals surface area contributed by atoms with Gasteiger partial charge in [-0.3, -0.25) is 14.5 Å². The van der Waals surface area contributed by atoms with Crippen molar-refractivity contribution in [3.8, 4) is 0 Å². The highest BCUT2D eigenvalue weighted by atomic mass is 32.2. The minimum atomic E-state index is -3.57. The van der Waals surface area contributed by atoms with Crippen LogP contribution >= 0.6 is 0 Å². The Kier molecular flexibility index (Phi) is 7.43. The Hall–Kier alpha value is -3.04. The lowest BCUT2D eigenvalue weighted by Crippen LogP contribution is -2.32. The van der Waals surface area contributed by atoms with Crippen LogP contribution in [0.25, 0.3) is 0 Å². The molecule has 2 aromatic heterocycles. The van der Waals surface area contributed by atoms with Crippen molar-refractivity contribution < 1.29 is 13.2 Å². The van der Waals surface area contributed by atoms with Crippen molar-refractivity contribution in [2.75, 3.05) is 13.1 Å². The van der Waals surface area contributed by atoms with Crippen LogP contribution in [-0.2, 0) is 23.1 Å². The zero-order valence-electron chi connectivity index (χ0n) is 19.7. The van der Waals surface area contributed by atoms with E-state index in [4.69, 9.17) is 0 Å². The number of rotatable bonds is 7. The predicted molar refractivity (Wildman–Crippen MR) is 130 cm³/mol. The van der Waals surface area contributed by atoms with Crippen molar-refractivity contribution >= 4 is 15.9 Å². The number of nitrogens with zero attached hydrogens (tertiary/aromatic N) is 4. The molecule has 0 aliphatic carbocycles. The molecule has 0 bridgehead atoms. The topological polar surface area (TPSA) is 97.2 Å². The second kappa shape index (κ2) is 10.5. The molecule has 1 amide bonds. The van der Waals surface area contributed by atoms with E-state index in [9.17, 15) is 13.2 Å². The van der Waals surface area contributed by atoms with Gasteiger partial charge in [-0.05, 0) is 56.0 Å². The van der Waals surface area contributed by atoms with E-state index < -0.39 is 10.0 Å². The molecule has 0 unspecified atom stereocenters. The number of aromatic nitrogens is 3. The summed E-state index contributed by atoms with van der Waals surface area (Å²) in [5, 5.41) is 7.42. The predicted octanol–water partition coefficient (Wildman–Crippen LogP) is 3.44. The van der Waals surface area contributed by atoms with Crippen LogP contribution in [0, 0.1) is 13.8 Å². The summed E-state index contributed by atoms with van der Waals surface area (Å²) in [6.07, 6.45) is 7.35. The van der Waals surface area contributed by atoms with Gasteiger partial charge in [-0.25, -0.2) is 8.42 Å². The fraction of sp³-hybridized carbons (Fsp3) is 0.400. The van der Waals surface area contributed by atoms with E-state index in [1.165, 1.54) is 0 Å². The van der Waals surface area contributed by atoms with Gasteiger partial charge >= 0.3 is 0 Å². The SMILES string of the molecule is Cc1nn(Cc2ccc(C(=O)NCc3cccnc3)cc2)c(C)c1S(=O)(=O)N1CCCCCC1. The number of pyridine rings is 1. The van der Waals surface area contributed by atoms with Crippen molar-refractivity contribution in [1.29, 1.82) is 0 Å². The smallest absolute Gasteiger partial charge is 0.251 e. The Balaban J connectivity index is 1.45. The van der Waals surface area contributed by atoms with Gasteiger partial charge in [-0.1, -0.05) is 31.0 Å². The van der Waals surface area contributed by atoms with Gasteiger partial charge < -0.3 is 5.32 Å². The number of carbonyl (C=O) groups is 1. The van der Waals surface area contributed by atoms with Crippen LogP contribution < -0.4 is 5.32 Å². The van der Waals surface area contributed by atoms with Crippen LogP contribution in [0.4, 0.5) is 0 Å². The molecule has 0 saturated carbocycles. The van der Waals surface area contributed by atoms with Crippen LogP contribution in [-0.4, -0.2) is 46.5 Å². The summed E-state index contributed by atoms with van der Waals surface area (Å²) in [5.41, 5.74) is 3.59. The molecular weight excluding hydrogens is 450 g/mol. The molecule has 1 fully saturated rings. The van der Waals surface area contributed by atoms with Crippen LogP contribution in [0.2, 0.25) is 0 Å². The highest BCUT2D eigenvalue weighted by molar-refractivity contribution is 7.89. The molecule has 1 aliphatic heterocycles. The van der Waals surface area contributed by atoms with E-state index >= 15 is 0 Å². The number of sulfonamides is 1. The summed E-state index contributed by atoms with van der Waals surface area (Å²) < 4.78 is 30.1. The Morgan fingerprint density at radius 1 is 1.00 bits per heavy atom. The number of hydrogen-bond donors (Lipinski definition) is 1. The number of hydrogen-bond acceptors (Lipinski definition) is 5. The molecule has 1 N–H and O–H groups in total. The quantitative estimate of drug-likeness (QED) is 0.558. The minimum Gasteiger partial charge on any atom is -0.348 e. The Morgan fingerprint density at radius 3 is 2.35 bits per heavy atom. The third-order valence-corrected chi connectivity index (χ3v) is 8.35. The normalized spacial score (nSPS) is 15.1. The van der Waals surface area contributed by atoms with Gasteiger partial charge in [0.1, 0.15) is 4.90 Å². The van der Waals surface area contributed by atoms with Gasteiger partial charge in [0.2, 0.25) is 10.0 Å². The average molecular weight is 482 g/mol. The third kappa shape index (κ3) is 5.37. The zero-order chi connectivity index (χ0) is 24.1. The highest BCUT2D eigenvalue weighted by Gasteiger charge is 2.31. The Bertz CT molecular complexity index is 1230. The lowest BCUT2D eigenvalue weighted by molar-refractivity contribution is 0.0951. The van der Waals surface area contributed by atoms with Gasteiger partial charge in [0, 0.05) is 37.6 Å². The van der Waals surface area contributed by atoms with Gasteiger partial charge in [0.05, 0.1) is 17.9 Å². The van der Waals surface area contributed by atoms with Crippen molar-refractivity contribution in [3.05, 3.63) is 76.9 Å². The van der Waals surface area contributed by atoms with Crippen LogP contribution in [0.1, 0.15) is 58.6 Å². The summed E-state index contributed by atoms with van der Waals surface area (Å²) in [4.78, 5) is 16.8. The minimum absolute atomic E-state index is 0.160. The summed E-state index contributed by atoms with van der Waals surface area (Å²) in [6, 6.07) is 11.0. The van der Waals surface area contributed by atoms with E-state index in [2.05, 4.69) is 15.4 Å². The van der Waals surface area contributed by atoms with E-state index in [-0.39, 0.29) is 5.91 Å². The van der Waals surface area contributed by atoms with Gasteiger partial charge in [0.15, 0.2) is 0 Å². The number of carbonyl (C=O) groups excluding carboxylic acids is 1. The molecule has 0 spiro atoms. The molecular formula is C25H31N5O3S. The number of amides is 1. The molecule has 1 aliphatic rings. The number of nitrogens with one attached hydrogen (secondary N) is 1. The molecule has 34 heavy (non-hydrogen) atoms. The summed E-state index contributed by atoms with van der Waals surface area (Å²) >= 11 is 0. The monoisotopic (exact) mass is 481 g/mol. The van der Waals surface area contributed by atoms with Crippen LogP contribution in [0.15, 0.2) is 53.7 Å². The van der Waals surface area contributed by atoms with Crippen molar-refractivity contribution in [2.45, 2.75) is 57.5 Å². The number of benzene rings is 1. The van der Waals surface area contributed by atoms with E-state index in [1.807, 2.05) is 31.2 Å². The first-order valence-corrected chi connectivity index (χ1v) is 13.1. The zero-order valence-corrected chi connectivity index (χ0v) is 20.5. The second-order valence-corrected chi connectivity index (χ2v) is 10.6. The Morgan fingerprint density at radius 2 is 1.71 bits per heavy atom. The molecule has 9 heteroatoms. The van der Waals surface area contributed by atoms with Crippen LogP contribution in [0.5, 0.6) is 0 Å². The third-order valence-electron chi connectivity index (χ3n) is 6.20. The van der Waals surface area contributed by atoms with Crippen molar-refractivity contribution in [2.24, 2.45) is 0 Å². The molecule has 0 atom stereocenters. The first-order valence-electron chi connectivity index (χ1n) is 11.7. The molecule has 3 aromatic rings. The Labute approximate surface area is 201 Å². The maximum Gasteiger partial charge on any atom is 0.251 e. The first-order chi connectivity index (χ1) is 16.4. The van der Waals surface area contributed by atoms with E-state index in [0.29, 0.717) is 48.0 Å².